The smallest absolute Gasteiger partial charge is 0.255 e. The van der Waals surface area contributed by atoms with Crippen molar-refractivity contribution in [3.8, 4) is 0 Å². The molecule has 1 amide bonds. The lowest BCUT2D eigenvalue weighted by Crippen LogP contribution is -2.28. The molecule has 0 aliphatic heterocycles. The highest BCUT2D eigenvalue weighted by Crippen LogP contribution is 2.27. The summed E-state index contributed by atoms with van der Waals surface area (Å²) in [6.07, 6.45) is 3.28. The predicted molar refractivity (Wildman–Crippen MR) is 99.6 cm³/mol. The van der Waals surface area contributed by atoms with Crippen molar-refractivity contribution in [2.75, 3.05) is 0 Å². The van der Waals surface area contributed by atoms with E-state index in [1.54, 1.807) is 18.5 Å². The average Bonchev–Trinajstić information content (AvgIpc) is 2.54. The number of halogens is 3. The van der Waals surface area contributed by atoms with Crippen molar-refractivity contribution < 1.29 is 4.79 Å². The normalized spacial score (nSPS) is 12.2. The Kier molecular flexibility index (Phi) is 5.04. The van der Waals surface area contributed by atoms with Gasteiger partial charge in [0, 0.05) is 22.3 Å². The molecule has 0 fully saturated rings. The van der Waals surface area contributed by atoms with Crippen LogP contribution in [-0.2, 0) is 0 Å². The van der Waals surface area contributed by atoms with E-state index in [1.165, 1.54) is 0 Å². The van der Waals surface area contributed by atoms with Gasteiger partial charge in [0.2, 0.25) is 0 Å². The van der Waals surface area contributed by atoms with Gasteiger partial charge in [0.15, 0.2) is 0 Å². The molecule has 3 aromatic rings. The summed E-state index contributed by atoms with van der Waals surface area (Å²) in [7, 11) is 0. The van der Waals surface area contributed by atoms with Crippen LogP contribution in [0.1, 0.15) is 29.0 Å². The first kappa shape index (κ1) is 17.1. The van der Waals surface area contributed by atoms with Gasteiger partial charge >= 0.3 is 0 Å². The van der Waals surface area contributed by atoms with Crippen LogP contribution in [0.2, 0.25) is 10.2 Å². The van der Waals surface area contributed by atoms with E-state index in [4.69, 9.17) is 23.2 Å². The van der Waals surface area contributed by atoms with Crippen LogP contribution < -0.4 is 5.32 Å². The molecule has 0 saturated heterocycles. The van der Waals surface area contributed by atoms with E-state index in [0.717, 1.165) is 15.2 Å². The van der Waals surface area contributed by atoms with Gasteiger partial charge < -0.3 is 5.32 Å². The number of aromatic nitrogens is 2. The zero-order valence-electron chi connectivity index (χ0n) is 12.6. The highest BCUT2D eigenvalue weighted by Gasteiger charge is 2.20. The molecule has 7 heteroatoms. The van der Waals surface area contributed by atoms with Crippen molar-refractivity contribution in [1.82, 2.24) is 15.3 Å². The number of carbonyl (C=O) groups excluding carboxylic acids is 1. The van der Waals surface area contributed by atoms with Crippen molar-refractivity contribution in [2.24, 2.45) is 0 Å². The van der Waals surface area contributed by atoms with Gasteiger partial charge in [-0.2, -0.15) is 0 Å². The molecular weight excluding hydrogens is 413 g/mol. The first-order valence-corrected chi connectivity index (χ1v) is 8.67. The molecule has 0 aliphatic rings. The van der Waals surface area contributed by atoms with Gasteiger partial charge in [-0.15, -0.1) is 0 Å². The van der Waals surface area contributed by atoms with Crippen molar-refractivity contribution in [2.45, 2.75) is 13.0 Å². The highest BCUT2D eigenvalue weighted by molar-refractivity contribution is 9.10. The Bertz CT molecular complexity index is 933. The van der Waals surface area contributed by atoms with Gasteiger partial charge in [-0.05, 0) is 34.3 Å². The van der Waals surface area contributed by atoms with Gasteiger partial charge in [-0.25, -0.2) is 4.98 Å². The molecule has 0 radical (unpaired) electrons. The SMILES string of the molecule is CC(NC(=O)c1c(Cl)ncc2ccccc12)c1ncc(Br)cc1Cl. The first-order chi connectivity index (χ1) is 11.5. The molecule has 1 N–H and O–H groups in total. The van der Waals surface area contributed by atoms with Gasteiger partial charge in [-0.1, -0.05) is 47.5 Å². The van der Waals surface area contributed by atoms with Crippen molar-refractivity contribution in [3.63, 3.8) is 0 Å². The second-order valence-electron chi connectivity index (χ2n) is 5.23. The number of nitrogens with one attached hydrogen (secondary N) is 1. The second-order valence-corrected chi connectivity index (χ2v) is 6.91. The molecule has 0 spiro atoms. The van der Waals surface area contributed by atoms with Crippen LogP contribution in [0.4, 0.5) is 0 Å². The molecule has 0 saturated carbocycles. The molecule has 2 heterocycles. The molecule has 1 unspecified atom stereocenters. The summed E-state index contributed by atoms with van der Waals surface area (Å²) < 4.78 is 0.774. The molecule has 0 aliphatic carbocycles. The molecule has 1 atom stereocenters. The lowest BCUT2D eigenvalue weighted by atomic mass is 10.1. The van der Waals surface area contributed by atoms with Gasteiger partial charge in [0.05, 0.1) is 22.3 Å². The number of hydrogen-bond donors (Lipinski definition) is 1. The average molecular weight is 425 g/mol. The zero-order valence-corrected chi connectivity index (χ0v) is 15.7. The van der Waals surface area contributed by atoms with E-state index in [9.17, 15) is 4.79 Å². The molecule has 3 rings (SSSR count). The molecule has 122 valence electrons. The fourth-order valence-corrected chi connectivity index (χ4v) is 3.47. The molecule has 4 nitrogen and oxygen atoms in total. The third kappa shape index (κ3) is 3.38. The topological polar surface area (TPSA) is 54.9 Å². The minimum absolute atomic E-state index is 0.160. The Morgan fingerprint density at radius 2 is 1.96 bits per heavy atom. The lowest BCUT2D eigenvalue weighted by molar-refractivity contribution is 0.0940. The second kappa shape index (κ2) is 7.05. The number of pyridine rings is 2. The number of fused-ring (bicyclic) bond motifs is 1. The Morgan fingerprint density at radius 1 is 1.21 bits per heavy atom. The van der Waals surface area contributed by atoms with Crippen LogP contribution in [0.15, 0.2) is 47.2 Å². The Hall–Kier alpha value is -1.69. The number of rotatable bonds is 3. The number of hydrogen-bond acceptors (Lipinski definition) is 3. The Balaban J connectivity index is 1.94. The summed E-state index contributed by atoms with van der Waals surface area (Å²) in [4.78, 5) is 21.1. The van der Waals surface area contributed by atoms with E-state index in [0.29, 0.717) is 16.3 Å². The zero-order chi connectivity index (χ0) is 17.3. The Morgan fingerprint density at radius 3 is 2.71 bits per heavy atom. The molecule has 2 aromatic heterocycles. The van der Waals surface area contributed by atoms with E-state index < -0.39 is 0 Å². The predicted octanol–water partition coefficient (Wildman–Crippen LogP) is 5.19. The number of amides is 1. The maximum atomic E-state index is 12.7. The van der Waals surface area contributed by atoms with Gasteiger partial charge in [-0.3, -0.25) is 9.78 Å². The van der Waals surface area contributed by atoms with E-state index in [2.05, 4.69) is 31.2 Å². The van der Waals surface area contributed by atoms with Gasteiger partial charge in [0.25, 0.3) is 5.91 Å². The number of nitrogens with zero attached hydrogens (tertiary/aromatic N) is 2. The van der Waals surface area contributed by atoms with Crippen LogP contribution in [0, 0.1) is 0 Å². The molecule has 0 bridgehead atoms. The maximum absolute atomic E-state index is 12.7. The summed E-state index contributed by atoms with van der Waals surface area (Å²) in [5.74, 6) is -0.322. The van der Waals surface area contributed by atoms with Crippen LogP contribution in [-0.4, -0.2) is 15.9 Å². The summed E-state index contributed by atoms with van der Waals surface area (Å²) in [5, 5.41) is 5.11. The van der Waals surface area contributed by atoms with Crippen LogP contribution >= 0.6 is 39.1 Å². The molecular formula is C17H12BrCl2N3O. The van der Waals surface area contributed by atoms with Crippen molar-refractivity contribution >= 4 is 55.8 Å². The molecule has 24 heavy (non-hydrogen) atoms. The van der Waals surface area contributed by atoms with Crippen LogP contribution in [0.25, 0.3) is 10.8 Å². The van der Waals surface area contributed by atoms with Crippen LogP contribution in [0.5, 0.6) is 0 Å². The van der Waals surface area contributed by atoms with E-state index >= 15 is 0 Å². The maximum Gasteiger partial charge on any atom is 0.255 e. The monoisotopic (exact) mass is 423 g/mol. The third-order valence-corrected chi connectivity index (χ3v) is 4.60. The summed E-state index contributed by atoms with van der Waals surface area (Å²) >= 11 is 15.7. The fraction of sp³-hybridized carbons (Fsp3) is 0.118. The quantitative estimate of drug-likeness (QED) is 0.588. The lowest BCUT2D eigenvalue weighted by Gasteiger charge is -2.16. The number of carbonyl (C=O) groups is 1. The first-order valence-electron chi connectivity index (χ1n) is 7.12. The fourth-order valence-electron chi connectivity index (χ4n) is 2.44. The van der Waals surface area contributed by atoms with Crippen LogP contribution in [0.3, 0.4) is 0 Å². The van der Waals surface area contributed by atoms with E-state index in [-0.39, 0.29) is 17.1 Å². The van der Waals surface area contributed by atoms with Gasteiger partial charge in [0.1, 0.15) is 5.15 Å². The minimum atomic E-state index is -0.381. The largest absolute Gasteiger partial charge is 0.344 e. The summed E-state index contributed by atoms with van der Waals surface area (Å²) in [6.45, 7) is 1.81. The number of benzene rings is 1. The third-order valence-electron chi connectivity index (χ3n) is 3.57. The summed E-state index contributed by atoms with van der Waals surface area (Å²) in [5.41, 5.74) is 0.924. The Labute approximate surface area is 157 Å². The minimum Gasteiger partial charge on any atom is -0.344 e. The van der Waals surface area contributed by atoms with Crippen molar-refractivity contribution in [3.05, 3.63) is 68.6 Å². The molecule has 1 aromatic carbocycles. The standard InChI is InChI=1S/C17H12BrCl2N3O/c1-9(15-13(19)6-11(18)8-21-15)23-17(24)14-12-5-3-2-4-10(12)7-22-16(14)20/h2-9H,1H3,(H,23,24). The summed E-state index contributed by atoms with van der Waals surface area (Å²) in [6, 6.07) is 8.81. The van der Waals surface area contributed by atoms with Crippen molar-refractivity contribution in [1.29, 1.82) is 0 Å². The highest BCUT2D eigenvalue weighted by atomic mass is 79.9. The van der Waals surface area contributed by atoms with E-state index in [1.807, 2.05) is 31.2 Å².